The molecule has 0 saturated carbocycles. The number of phenolic OH excluding ortho intramolecular Hbond substituents is 2. The second kappa shape index (κ2) is 5.44. The highest BCUT2D eigenvalue weighted by atomic mass is 16.3. The molecule has 19 heavy (non-hydrogen) atoms. The molecule has 2 rings (SSSR count). The molecule has 0 spiro atoms. The standard InChI is InChI=1S/C15H15NO3/c1-16(10-11-6-8-12(17)9-7-11)15(19)13-4-2-3-5-14(13)18/h2-9,17-18H,10H2,1H3. The fourth-order valence-electron chi connectivity index (χ4n) is 1.81. The van der Waals surface area contributed by atoms with Gasteiger partial charge < -0.3 is 15.1 Å². The normalized spacial score (nSPS) is 10.2. The SMILES string of the molecule is CN(Cc1ccc(O)cc1)C(=O)c1ccccc1O. The number of para-hydroxylation sites is 1. The first-order chi connectivity index (χ1) is 9.08. The lowest BCUT2D eigenvalue weighted by Crippen LogP contribution is -2.26. The van der Waals surface area contributed by atoms with Gasteiger partial charge in [-0.05, 0) is 29.8 Å². The van der Waals surface area contributed by atoms with Gasteiger partial charge in [-0.2, -0.15) is 0 Å². The number of nitrogens with zero attached hydrogens (tertiary/aromatic N) is 1. The van der Waals surface area contributed by atoms with Crippen molar-refractivity contribution in [2.75, 3.05) is 7.05 Å². The first kappa shape index (κ1) is 13.0. The third-order valence-corrected chi connectivity index (χ3v) is 2.84. The maximum absolute atomic E-state index is 12.2. The molecule has 0 saturated heterocycles. The van der Waals surface area contributed by atoms with Crippen LogP contribution in [0.5, 0.6) is 11.5 Å². The molecular weight excluding hydrogens is 242 g/mol. The van der Waals surface area contributed by atoms with Crippen LogP contribution in [0.25, 0.3) is 0 Å². The molecule has 1 amide bonds. The van der Waals surface area contributed by atoms with E-state index in [0.717, 1.165) is 5.56 Å². The van der Waals surface area contributed by atoms with Gasteiger partial charge in [-0.3, -0.25) is 4.79 Å². The zero-order valence-corrected chi connectivity index (χ0v) is 10.6. The minimum atomic E-state index is -0.244. The summed E-state index contributed by atoms with van der Waals surface area (Å²) in [4.78, 5) is 13.7. The molecule has 98 valence electrons. The van der Waals surface area contributed by atoms with Gasteiger partial charge in [0.25, 0.3) is 5.91 Å². The molecule has 0 aliphatic carbocycles. The Bertz CT molecular complexity index is 578. The highest BCUT2D eigenvalue weighted by Crippen LogP contribution is 2.18. The van der Waals surface area contributed by atoms with Crippen LogP contribution in [-0.4, -0.2) is 28.1 Å². The van der Waals surface area contributed by atoms with Crippen LogP contribution in [0.4, 0.5) is 0 Å². The first-order valence-electron chi connectivity index (χ1n) is 5.89. The molecule has 0 aliphatic rings. The number of benzene rings is 2. The number of phenols is 2. The maximum Gasteiger partial charge on any atom is 0.257 e. The predicted molar refractivity (Wildman–Crippen MR) is 72.0 cm³/mol. The van der Waals surface area contributed by atoms with Gasteiger partial charge in [-0.1, -0.05) is 24.3 Å². The molecule has 2 aromatic rings. The van der Waals surface area contributed by atoms with Crippen molar-refractivity contribution in [1.82, 2.24) is 4.90 Å². The summed E-state index contributed by atoms with van der Waals surface area (Å²) in [6.45, 7) is 0.410. The topological polar surface area (TPSA) is 60.8 Å². The highest BCUT2D eigenvalue weighted by Gasteiger charge is 2.15. The van der Waals surface area contributed by atoms with Crippen molar-refractivity contribution in [3.63, 3.8) is 0 Å². The van der Waals surface area contributed by atoms with Crippen LogP contribution in [0, 0.1) is 0 Å². The average molecular weight is 257 g/mol. The number of amides is 1. The van der Waals surface area contributed by atoms with Gasteiger partial charge in [-0.25, -0.2) is 0 Å². The number of aromatic hydroxyl groups is 2. The summed E-state index contributed by atoms with van der Waals surface area (Å²) < 4.78 is 0. The predicted octanol–water partition coefficient (Wildman–Crippen LogP) is 2.37. The molecule has 0 aromatic heterocycles. The van der Waals surface area contributed by atoms with Crippen LogP contribution >= 0.6 is 0 Å². The molecule has 4 heteroatoms. The second-order valence-corrected chi connectivity index (χ2v) is 4.34. The number of hydrogen-bond acceptors (Lipinski definition) is 3. The number of rotatable bonds is 3. The zero-order valence-electron chi connectivity index (χ0n) is 10.6. The largest absolute Gasteiger partial charge is 0.508 e. The van der Waals surface area contributed by atoms with Crippen molar-refractivity contribution in [2.24, 2.45) is 0 Å². The van der Waals surface area contributed by atoms with Gasteiger partial charge in [0.15, 0.2) is 0 Å². The molecule has 0 fully saturated rings. The highest BCUT2D eigenvalue weighted by molar-refractivity contribution is 5.96. The van der Waals surface area contributed by atoms with E-state index in [1.165, 1.54) is 11.0 Å². The molecule has 2 aromatic carbocycles. The lowest BCUT2D eigenvalue weighted by Gasteiger charge is -2.18. The van der Waals surface area contributed by atoms with Crippen molar-refractivity contribution in [3.05, 3.63) is 59.7 Å². The summed E-state index contributed by atoms with van der Waals surface area (Å²) >= 11 is 0. The van der Waals surface area contributed by atoms with Gasteiger partial charge in [0.05, 0.1) is 5.56 Å². The van der Waals surface area contributed by atoms with E-state index in [9.17, 15) is 15.0 Å². The summed E-state index contributed by atoms with van der Waals surface area (Å²) in [5.41, 5.74) is 1.19. The van der Waals surface area contributed by atoms with Gasteiger partial charge >= 0.3 is 0 Å². The first-order valence-corrected chi connectivity index (χ1v) is 5.89. The molecule has 0 radical (unpaired) electrons. The van der Waals surface area contributed by atoms with Gasteiger partial charge in [-0.15, -0.1) is 0 Å². The van der Waals surface area contributed by atoms with Crippen molar-refractivity contribution in [2.45, 2.75) is 6.54 Å². The molecule has 0 aliphatic heterocycles. The van der Waals surface area contributed by atoms with Crippen molar-refractivity contribution in [1.29, 1.82) is 0 Å². The van der Waals surface area contributed by atoms with Gasteiger partial charge in [0, 0.05) is 13.6 Å². The molecule has 4 nitrogen and oxygen atoms in total. The third-order valence-electron chi connectivity index (χ3n) is 2.84. The average Bonchev–Trinajstić information content (AvgIpc) is 2.41. The van der Waals surface area contributed by atoms with Crippen LogP contribution in [0.3, 0.4) is 0 Å². The Morgan fingerprint density at radius 3 is 2.32 bits per heavy atom. The van der Waals surface area contributed by atoms with Gasteiger partial charge in [0.2, 0.25) is 0 Å². The third kappa shape index (κ3) is 3.04. The Morgan fingerprint density at radius 1 is 1.05 bits per heavy atom. The van der Waals surface area contributed by atoms with Gasteiger partial charge in [0.1, 0.15) is 11.5 Å². The molecular formula is C15H15NO3. The van der Waals surface area contributed by atoms with Crippen LogP contribution in [0.2, 0.25) is 0 Å². The fourth-order valence-corrected chi connectivity index (χ4v) is 1.81. The summed E-state index contributed by atoms with van der Waals surface area (Å²) in [6, 6.07) is 13.1. The van der Waals surface area contributed by atoms with Crippen LogP contribution < -0.4 is 0 Å². The quantitative estimate of drug-likeness (QED) is 0.887. The van der Waals surface area contributed by atoms with Crippen LogP contribution in [-0.2, 0) is 6.54 Å². The summed E-state index contributed by atoms with van der Waals surface area (Å²) in [5, 5.41) is 18.9. The minimum absolute atomic E-state index is 0.0231. The van der Waals surface area contributed by atoms with Crippen molar-refractivity contribution in [3.8, 4) is 11.5 Å². The van der Waals surface area contributed by atoms with Crippen molar-refractivity contribution >= 4 is 5.91 Å². The Morgan fingerprint density at radius 2 is 1.68 bits per heavy atom. The smallest absolute Gasteiger partial charge is 0.257 e. The Hall–Kier alpha value is -2.49. The van der Waals surface area contributed by atoms with E-state index in [2.05, 4.69) is 0 Å². The van der Waals surface area contributed by atoms with Crippen LogP contribution in [0.15, 0.2) is 48.5 Å². The lowest BCUT2D eigenvalue weighted by molar-refractivity contribution is 0.0782. The fraction of sp³-hybridized carbons (Fsp3) is 0.133. The van der Waals surface area contributed by atoms with E-state index in [1.54, 1.807) is 49.5 Å². The number of hydrogen-bond donors (Lipinski definition) is 2. The van der Waals surface area contributed by atoms with E-state index in [-0.39, 0.29) is 23.0 Å². The Balaban J connectivity index is 2.12. The zero-order chi connectivity index (χ0) is 13.8. The maximum atomic E-state index is 12.2. The van der Waals surface area contributed by atoms with Crippen molar-refractivity contribution < 1.29 is 15.0 Å². The van der Waals surface area contributed by atoms with E-state index in [1.807, 2.05) is 0 Å². The summed E-state index contributed by atoms with van der Waals surface area (Å²) in [7, 11) is 1.67. The van der Waals surface area contributed by atoms with E-state index in [4.69, 9.17) is 0 Å². The Labute approximate surface area is 111 Å². The minimum Gasteiger partial charge on any atom is -0.508 e. The van der Waals surface area contributed by atoms with E-state index >= 15 is 0 Å². The number of carbonyl (C=O) groups excluding carboxylic acids is 1. The molecule has 2 N–H and O–H groups in total. The molecule has 0 heterocycles. The molecule has 0 unspecified atom stereocenters. The molecule has 0 bridgehead atoms. The summed E-state index contributed by atoms with van der Waals surface area (Å²) in [6.07, 6.45) is 0. The number of carbonyl (C=O) groups is 1. The molecule has 0 atom stereocenters. The Kier molecular flexibility index (Phi) is 3.71. The van der Waals surface area contributed by atoms with Crippen LogP contribution in [0.1, 0.15) is 15.9 Å². The van der Waals surface area contributed by atoms with E-state index < -0.39 is 0 Å². The van der Waals surface area contributed by atoms with E-state index in [0.29, 0.717) is 6.54 Å². The summed E-state index contributed by atoms with van der Waals surface area (Å²) in [5.74, 6) is -0.0744. The second-order valence-electron chi connectivity index (χ2n) is 4.34. The monoisotopic (exact) mass is 257 g/mol. The lowest BCUT2D eigenvalue weighted by atomic mass is 10.1.